The summed E-state index contributed by atoms with van der Waals surface area (Å²) in [7, 11) is 0. The maximum atomic E-state index is 10.5. The minimum atomic E-state index is -1.03. The first kappa shape index (κ1) is 7.02. The highest BCUT2D eigenvalue weighted by Crippen LogP contribution is 2.08. The van der Waals surface area contributed by atoms with Crippen LogP contribution in [0.1, 0.15) is 22.0 Å². The molecule has 12 heavy (non-hydrogen) atoms. The van der Waals surface area contributed by atoms with Crippen molar-refractivity contribution in [3.05, 3.63) is 17.2 Å². The molecule has 0 amide bonds. The highest BCUT2D eigenvalue weighted by Gasteiger charge is 2.14. The Labute approximate surface area is 68.2 Å². The zero-order valence-electron chi connectivity index (χ0n) is 6.24. The van der Waals surface area contributed by atoms with Gasteiger partial charge in [-0.25, -0.2) is 9.78 Å². The average molecular weight is 165 g/mol. The fourth-order valence-corrected chi connectivity index (χ4v) is 1.15. The summed E-state index contributed by atoms with van der Waals surface area (Å²) in [6, 6.07) is 0. The number of aliphatic imine (C=N–C) groups is 1. The number of carboxylic acids is 1. The van der Waals surface area contributed by atoms with Crippen LogP contribution in [0.4, 0.5) is 0 Å². The zero-order valence-corrected chi connectivity index (χ0v) is 6.24. The normalized spacial score (nSPS) is 14.3. The van der Waals surface area contributed by atoms with Crippen molar-refractivity contribution >= 4 is 12.2 Å². The van der Waals surface area contributed by atoms with Crippen LogP contribution in [0, 0.1) is 0 Å². The topological polar surface area (TPSA) is 78.3 Å². The van der Waals surface area contributed by atoms with E-state index < -0.39 is 5.97 Å². The number of hydrogen-bond acceptors (Lipinski definition) is 3. The lowest BCUT2D eigenvalue weighted by Gasteiger charge is -1.99. The van der Waals surface area contributed by atoms with E-state index >= 15 is 0 Å². The first-order valence-electron chi connectivity index (χ1n) is 3.59. The Morgan fingerprint density at radius 1 is 1.67 bits per heavy atom. The molecule has 0 bridgehead atoms. The number of carboxylic acid groups (broad SMARTS) is 1. The maximum Gasteiger partial charge on any atom is 0.371 e. The summed E-state index contributed by atoms with van der Waals surface area (Å²) < 4.78 is 0. The Balaban J connectivity index is 2.46. The van der Waals surface area contributed by atoms with Crippen molar-refractivity contribution in [3.8, 4) is 0 Å². The Bertz CT molecular complexity index is 354. The molecule has 0 radical (unpaired) electrons. The quantitative estimate of drug-likeness (QED) is 0.618. The number of aromatic carboxylic acids is 1. The second kappa shape index (κ2) is 2.44. The van der Waals surface area contributed by atoms with Gasteiger partial charge in [0.2, 0.25) is 5.82 Å². The molecule has 5 heteroatoms. The molecule has 2 N–H and O–H groups in total. The number of carbonyl (C=O) groups is 1. The Morgan fingerprint density at radius 3 is 3.17 bits per heavy atom. The van der Waals surface area contributed by atoms with Crippen molar-refractivity contribution in [1.82, 2.24) is 9.97 Å². The van der Waals surface area contributed by atoms with Crippen molar-refractivity contribution in [1.29, 1.82) is 0 Å². The SMILES string of the molecule is O=C(O)c1nc2c([nH]1)CCN=C2. The van der Waals surface area contributed by atoms with Gasteiger partial charge in [0.15, 0.2) is 0 Å². The number of rotatable bonds is 1. The summed E-state index contributed by atoms with van der Waals surface area (Å²) in [5.41, 5.74) is 1.51. The van der Waals surface area contributed by atoms with Crippen molar-refractivity contribution in [2.75, 3.05) is 6.54 Å². The molecule has 0 aliphatic carbocycles. The first-order chi connectivity index (χ1) is 5.77. The lowest BCUT2D eigenvalue weighted by atomic mass is 10.2. The van der Waals surface area contributed by atoms with Crippen LogP contribution in [0.3, 0.4) is 0 Å². The van der Waals surface area contributed by atoms with Gasteiger partial charge in [-0.05, 0) is 0 Å². The van der Waals surface area contributed by atoms with E-state index in [0.717, 1.165) is 12.1 Å². The van der Waals surface area contributed by atoms with Gasteiger partial charge in [0, 0.05) is 24.9 Å². The summed E-state index contributed by atoms with van der Waals surface area (Å²) in [4.78, 5) is 21.0. The van der Waals surface area contributed by atoms with Crippen LogP contribution in [0.2, 0.25) is 0 Å². The summed E-state index contributed by atoms with van der Waals surface area (Å²) in [6.07, 6.45) is 2.34. The molecule has 0 fully saturated rings. The molecule has 0 atom stereocenters. The number of nitrogens with zero attached hydrogens (tertiary/aromatic N) is 2. The largest absolute Gasteiger partial charge is 0.475 e. The molecular weight excluding hydrogens is 158 g/mol. The van der Waals surface area contributed by atoms with E-state index in [-0.39, 0.29) is 5.82 Å². The smallest absolute Gasteiger partial charge is 0.371 e. The van der Waals surface area contributed by atoms with Crippen molar-refractivity contribution in [3.63, 3.8) is 0 Å². The second-order valence-electron chi connectivity index (χ2n) is 2.54. The van der Waals surface area contributed by atoms with Gasteiger partial charge in [-0.15, -0.1) is 0 Å². The van der Waals surface area contributed by atoms with Gasteiger partial charge in [0.25, 0.3) is 0 Å². The predicted octanol–water partition coefficient (Wildman–Crippen LogP) is 0.0829. The van der Waals surface area contributed by atoms with Crippen LogP contribution in [0.15, 0.2) is 4.99 Å². The molecule has 0 saturated heterocycles. The molecule has 1 aliphatic heterocycles. The molecule has 2 rings (SSSR count). The van der Waals surface area contributed by atoms with Crippen LogP contribution in [-0.2, 0) is 6.42 Å². The standard InChI is InChI=1S/C7H7N3O2/c11-7(12)6-9-4-1-2-8-3-5(4)10-6/h3H,1-2H2,(H,9,10)(H,11,12). The van der Waals surface area contributed by atoms with Crippen molar-refractivity contribution in [2.45, 2.75) is 6.42 Å². The highest BCUT2D eigenvalue weighted by atomic mass is 16.4. The number of hydrogen-bond donors (Lipinski definition) is 2. The number of aromatic nitrogens is 2. The maximum absolute atomic E-state index is 10.5. The Morgan fingerprint density at radius 2 is 2.50 bits per heavy atom. The van der Waals surface area contributed by atoms with Crippen molar-refractivity contribution in [2.24, 2.45) is 4.99 Å². The average Bonchev–Trinajstić information content (AvgIpc) is 2.46. The number of imidazole rings is 1. The minimum Gasteiger partial charge on any atom is -0.475 e. The molecule has 0 spiro atoms. The Hall–Kier alpha value is -1.65. The third kappa shape index (κ3) is 0.990. The lowest BCUT2D eigenvalue weighted by molar-refractivity contribution is 0.0684. The number of aromatic amines is 1. The predicted molar refractivity (Wildman–Crippen MR) is 41.7 cm³/mol. The molecule has 1 aromatic rings. The van der Waals surface area contributed by atoms with E-state index in [1.165, 1.54) is 0 Å². The van der Waals surface area contributed by atoms with E-state index in [1.54, 1.807) is 6.21 Å². The molecule has 5 nitrogen and oxygen atoms in total. The van der Waals surface area contributed by atoms with Crippen LogP contribution < -0.4 is 0 Å². The van der Waals surface area contributed by atoms with Crippen LogP contribution in [0.25, 0.3) is 0 Å². The summed E-state index contributed by atoms with van der Waals surface area (Å²) in [5.74, 6) is -1.04. The molecule has 62 valence electrons. The number of H-pyrrole nitrogens is 1. The summed E-state index contributed by atoms with van der Waals surface area (Å²) in [5, 5.41) is 8.60. The fourth-order valence-electron chi connectivity index (χ4n) is 1.15. The summed E-state index contributed by atoms with van der Waals surface area (Å²) in [6.45, 7) is 0.703. The Kier molecular flexibility index (Phi) is 1.43. The van der Waals surface area contributed by atoms with Gasteiger partial charge in [0.1, 0.15) is 5.69 Å². The molecule has 1 aromatic heterocycles. The minimum absolute atomic E-state index is 0.00616. The highest BCUT2D eigenvalue weighted by molar-refractivity contribution is 5.87. The van der Waals surface area contributed by atoms with Gasteiger partial charge in [-0.2, -0.15) is 0 Å². The van der Waals surface area contributed by atoms with Crippen molar-refractivity contribution < 1.29 is 9.90 Å². The van der Waals surface area contributed by atoms with Gasteiger partial charge in [-0.3, -0.25) is 4.99 Å². The van der Waals surface area contributed by atoms with Gasteiger partial charge in [0.05, 0.1) is 0 Å². The van der Waals surface area contributed by atoms with Crippen LogP contribution in [-0.4, -0.2) is 33.8 Å². The van der Waals surface area contributed by atoms with Crippen LogP contribution in [0.5, 0.6) is 0 Å². The van der Waals surface area contributed by atoms with E-state index in [2.05, 4.69) is 15.0 Å². The third-order valence-corrected chi connectivity index (χ3v) is 1.72. The van der Waals surface area contributed by atoms with Gasteiger partial charge < -0.3 is 10.1 Å². The summed E-state index contributed by atoms with van der Waals surface area (Å²) >= 11 is 0. The molecule has 1 aliphatic rings. The van der Waals surface area contributed by atoms with Gasteiger partial charge >= 0.3 is 5.97 Å². The lowest BCUT2D eigenvalue weighted by Crippen LogP contribution is -2.01. The molecule has 2 heterocycles. The molecular formula is C7H7N3O2. The second-order valence-corrected chi connectivity index (χ2v) is 2.54. The third-order valence-electron chi connectivity index (χ3n) is 1.72. The molecule has 0 saturated carbocycles. The van der Waals surface area contributed by atoms with E-state index in [0.29, 0.717) is 12.2 Å². The fraction of sp³-hybridized carbons (Fsp3) is 0.286. The zero-order chi connectivity index (χ0) is 8.55. The molecule has 0 aromatic carbocycles. The first-order valence-corrected chi connectivity index (χ1v) is 3.59. The monoisotopic (exact) mass is 165 g/mol. The van der Waals surface area contributed by atoms with Crippen LogP contribution >= 0.6 is 0 Å². The van der Waals surface area contributed by atoms with E-state index in [1.807, 2.05) is 0 Å². The van der Waals surface area contributed by atoms with Gasteiger partial charge in [-0.1, -0.05) is 0 Å². The molecule has 0 unspecified atom stereocenters. The van der Waals surface area contributed by atoms with E-state index in [9.17, 15) is 4.79 Å². The number of nitrogens with one attached hydrogen (secondary N) is 1. The number of fused-ring (bicyclic) bond motifs is 1. The van der Waals surface area contributed by atoms with E-state index in [4.69, 9.17) is 5.11 Å².